The molecule has 124 valence electrons. The minimum atomic E-state index is -0.616. The van der Waals surface area contributed by atoms with Gasteiger partial charge < -0.3 is 10.0 Å². The fourth-order valence-electron chi connectivity index (χ4n) is 2.70. The van der Waals surface area contributed by atoms with E-state index in [-0.39, 0.29) is 5.78 Å². The number of ketones is 1. The smallest absolute Gasteiger partial charge is 0.146 e. The Bertz CT molecular complexity index is 681. The summed E-state index contributed by atoms with van der Waals surface area (Å²) in [4.78, 5) is 23.2. The third-order valence-corrected chi connectivity index (χ3v) is 3.90. The summed E-state index contributed by atoms with van der Waals surface area (Å²) in [5.41, 5.74) is 1.87. The number of rotatable bonds is 9. The maximum atomic E-state index is 12.8. The molecule has 0 heterocycles. The first kappa shape index (κ1) is 17.6. The third kappa shape index (κ3) is 4.62. The van der Waals surface area contributed by atoms with Crippen LogP contribution in [-0.2, 0) is 9.59 Å². The van der Waals surface area contributed by atoms with Crippen LogP contribution in [0.3, 0.4) is 0 Å². The van der Waals surface area contributed by atoms with Crippen molar-refractivity contribution in [2.45, 2.75) is 31.6 Å². The Balaban J connectivity index is 2.29. The molecule has 4 nitrogen and oxygen atoms in total. The van der Waals surface area contributed by atoms with Gasteiger partial charge in [0.05, 0.1) is 5.92 Å². The number of nitrogens with zero attached hydrogens (tertiary/aromatic N) is 1. The van der Waals surface area contributed by atoms with Gasteiger partial charge in [-0.15, -0.1) is 0 Å². The van der Waals surface area contributed by atoms with Crippen molar-refractivity contribution in [3.63, 3.8) is 0 Å². The van der Waals surface area contributed by atoms with Crippen LogP contribution >= 0.6 is 0 Å². The minimum Gasteiger partial charge on any atom is -0.411 e. The first-order valence-electron chi connectivity index (χ1n) is 8.06. The van der Waals surface area contributed by atoms with Gasteiger partial charge in [0.1, 0.15) is 17.8 Å². The van der Waals surface area contributed by atoms with E-state index in [1.54, 1.807) is 0 Å². The molecule has 0 fully saturated rings. The highest BCUT2D eigenvalue weighted by Crippen LogP contribution is 2.25. The van der Waals surface area contributed by atoms with Gasteiger partial charge in [-0.3, -0.25) is 4.79 Å². The first-order chi connectivity index (χ1) is 11.8. The Morgan fingerprint density at radius 1 is 1.00 bits per heavy atom. The molecule has 0 aliphatic rings. The minimum absolute atomic E-state index is 0.0104. The van der Waals surface area contributed by atoms with Crippen LogP contribution in [-0.4, -0.2) is 23.0 Å². The second-order valence-electron chi connectivity index (χ2n) is 5.57. The van der Waals surface area contributed by atoms with Gasteiger partial charge in [-0.1, -0.05) is 65.8 Å². The standard InChI is InChI=1S/C20H21NO3/c22-15-9-3-8-14-18(23)19(16-10-4-1-5-11-16)20(21-24)17-12-6-2-7-13-17/h1-2,4-7,10-13,15,19,24H,3,8-9,14H2. The number of oxime groups is 1. The number of unbranched alkanes of at least 4 members (excludes halogenated alkanes) is 2. The number of carbonyl (C=O) groups excluding carboxylic acids is 2. The van der Waals surface area contributed by atoms with Crippen molar-refractivity contribution in [2.75, 3.05) is 0 Å². The van der Waals surface area contributed by atoms with Crippen molar-refractivity contribution in [1.82, 2.24) is 0 Å². The second kappa shape index (κ2) is 9.40. The lowest BCUT2D eigenvalue weighted by Crippen LogP contribution is -2.23. The molecule has 24 heavy (non-hydrogen) atoms. The predicted molar refractivity (Wildman–Crippen MR) is 93.5 cm³/mol. The van der Waals surface area contributed by atoms with Crippen molar-refractivity contribution in [2.24, 2.45) is 5.16 Å². The molecular formula is C20H21NO3. The number of hydrogen-bond acceptors (Lipinski definition) is 4. The van der Waals surface area contributed by atoms with Crippen molar-refractivity contribution in [3.05, 3.63) is 71.8 Å². The second-order valence-corrected chi connectivity index (χ2v) is 5.57. The van der Waals surface area contributed by atoms with E-state index in [0.29, 0.717) is 31.4 Å². The fraction of sp³-hybridized carbons (Fsp3) is 0.250. The summed E-state index contributed by atoms with van der Waals surface area (Å²) in [6.45, 7) is 0. The van der Waals surface area contributed by atoms with Gasteiger partial charge in [0.2, 0.25) is 0 Å². The highest BCUT2D eigenvalue weighted by molar-refractivity contribution is 6.17. The molecule has 0 saturated carbocycles. The topological polar surface area (TPSA) is 66.7 Å². The Hall–Kier alpha value is -2.75. The maximum Gasteiger partial charge on any atom is 0.146 e. The van der Waals surface area contributed by atoms with Gasteiger partial charge >= 0.3 is 0 Å². The molecule has 4 heteroatoms. The van der Waals surface area contributed by atoms with Gasteiger partial charge in [0.25, 0.3) is 0 Å². The van der Waals surface area contributed by atoms with Gasteiger partial charge in [0.15, 0.2) is 0 Å². The van der Waals surface area contributed by atoms with Crippen LogP contribution in [0.1, 0.15) is 42.7 Å². The molecular weight excluding hydrogens is 302 g/mol. The summed E-state index contributed by atoms with van der Waals surface area (Å²) in [5.74, 6) is -0.626. The van der Waals surface area contributed by atoms with Crippen molar-refractivity contribution < 1.29 is 14.8 Å². The zero-order chi connectivity index (χ0) is 17.2. The molecule has 1 N–H and O–H groups in total. The van der Waals surface area contributed by atoms with E-state index in [2.05, 4.69) is 5.16 Å². The number of hydrogen-bond donors (Lipinski definition) is 1. The SMILES string of the molecule is O=CCCCCC(=O)C(C(=NO)c1ccccc1)c1ccccc1. The number of Topliss-reactive ketones (excluding diaryl/α,β-unsaturated/α-hetero) is 1. The number of aldehydes is 1. The Morgan fingerprint density at radius 2 is 1.62 bits per heavy atom. The highest BCUT2D eigenvalue weighted by atomic mass is 16.4. The molecule has 2 rings (SSSR count). The highest BCUT2D eigenvalue weighted by Gasteiger charge is 2.27. The Kier molecular flexibility index (Phi) is 6.90. The lowest BCUT2D eigenvalue weighted by atomic mass is 9.84. The van der Waals surface area contributed by atoms with E-state index in [0.717, 1.165) is 17.4 Å². The fourth-order valence-corrected chi connectivity index (χ4v) is 2.70. The third-order valence-electron chi connectivity index (χ3n) is 3.90. The van der Waals surface area contributed by atoms with Crippen LogP contribution in [0.5, 0.6) is 0 Å². The Morgan fingerprint density at radius 3 is 2.21 bits per heavy atom. The normalized spacial score (nSPS) is 12.6. The van der Waals surface area contributed by atoms with Gasteiger partial charge in [-0.2, -0.15) is 0 Å². The van der Waals surface area contributed by atoms with Crippen LogP contribution in [0.15, 0.2) is 65.8 Å². The van der Waals surface area contributed by atoms with Crippen molar-refractivity contribution in [3.8, 4) is 0 Å². The summed E-state index contributed by atoms with van der Waals surface area (Å²) in [7, 11) is 0. The molecule has 1 unspecified atom stereocenters. The predicted octanol–water partition coefficient (Wildman–Crippen LogP) is 3.98. The van der Waals surface area contributed by atoms with Crippen LogP contribution in [0.4, 0.5) is 0 Å². The Labute approximate surface area is 141 Å². The quantitative estimate of drug-likeness (QED) is 0.249. The molecule has 0 amide bonds. The summed E-state index contributed by atoms with van der Waals surface area (Å²) < 4.78 is 0. The number of benzene rings is 2. The largest absolute Gasteiger partial charge is 0.411 e. The molecule has 0 aliphatic carbocycles. The molecule has 2 aromatic carbocycles. The molecule has 0 spiro atoms. The van der Waals surface area contributed by atoms with Crippen LogP contribution in [0, 0.1) is 0 Å². The van der Waals surface area contributed by atoms with E-state index in [1.807, 2.05) is 60.7 Å². The molecule has 2 aromatic rings. The summed E-state index contributed by atoms with van der Waals surface area (Å²) in [6, 6.07) is 18.5. The zero-order valence-electron chi connectivity index (χ0n) is 13.5. The lowest BCUT2D eigenvalue weighted by Gasteiger charge is -2.18. The summed E-state index contributed by atoms with van der Waals surface area (Å²) in [5, 5.41) is 13.0. The molecule has 0 saturated heterocycles. The van der Waals surface area contributed by atoms with Crippen LogP contribution < -0.4 is 0 Å². The monoisotopic (exact) mass is 323 g/mol. The molecule has 0 radical (unpaired) electrons. The average molecular weight is 323 g/mol. The number of carbonyl (C=O) groups is 2. The molecule has 0 aromatic heterocycles. The summed E-state index contributed by atoms with van der Waals surface area (Å²) >= 11 is 0. The molecule has 0 aliphatic heterocycles. The van der Waals surface area contributed by atoms with Crippen LogP contribution in [0.2, 0.25) is 0 Å². The van der Waals surface area contributed by atoms with Crippen molar-refractivity contribution >= 4 is 17.8 Å². The van der Waals surface area contributed by atoms with E-state index in [4.69, 9.17) is 0 Å². The van der Waals surface area contributed by atoms with E-state index in [1.165, 1.54) is 0 Å². The van der Waals surface area contributed by atoms with Crippen LogP contribution in [0.25, 0.3) is 0 Å². The first-order valence-corrected chi connectivity index (χ1v) is 8.06. The molecule has 0 bridgehead atoms. The van der Waals surface area contributed by atoms with Gasteiger partial charge in [-0.25, -0.2) is 0 Å². The van der Waals surface area contributed by atoms with Gasteiger partial charge in [-0.05, 0) is 18.4 Å². The summed E-state index contributed by atoms with van der Waals surface area (Å²) in [6.07, 6.45) is 3.01. The van der Waals surface area contributed by atoms with E-state index in [9.17, 15) is 14.8 Å². The lowest BCUT2D eigenvalue weighted by molar-refractivity contribution is -0.119. The van der Waals surface area contributed by atoms with Gasteiger partial charge in [0, 0.05) is 18.4 Å². The van der Waals surface area contributed by atoms with E-state index < -0.39 is 5.92 Å². The maximum absolute atomic E-state index is 12.8. The van der Waals surface area contributed by atoms with E-state index >= 15 is 0 Å². The van der Waals surface area contributed by atoms with Crippen molar-refractivity contribution in [1.29, 1.82) is 0 Å². The average Bonchev–Trinajstić information content (AvgIpc) is 2.64. The molecule has 1 atom stereocenters. The zero-order valence-corrected chi connectivity index (χ0v) is 13.5.